The zero-order valence-electron chi connectivity index (χ0n) is 9.41. The first kappa shape index (κ1) is 12.8. The summed E-state index contributed by atoms with van der Waals surface area (Å²) in [6, 6.07) is 4.11. The Bertz CT molecular complexity index is 446. The van der Waals surface area contributed by atoms with E-state index in [1.165, 1.54) is 37.3 Å². The molecule has 0 bridgehead atoms. The van der Waals surface area contributed by atoms with Crippen molar-refractivity contribution in [2.24, 2.45) is 0 Å². The number of rotatable bonds is 5. The van der Waals surface area contributed by atoms with E-state index in [9.17, 15) is 14.9 Å². The molecule has 17 heavy (non-hydrogen) atoms. The van der Waals surface area contributed by atoms with Crippen molar-refractivity contribution in [1.82, 2.24) is 0 Å². The van der Waals surface area contributed by atoms with E-state index in [0.29, 0.717) is 11.4 Å². The average molecular weight is 240 g/mol. The third-order valence-electron chi connectivity index (χ3n) is 2.14. The number of benzene rings is 1. The zero-order valence-corrected chi connectivity index (χ0v) is 9.41. The normalized spacial score (nSPS) is 9.76. The van der Waals surface area contributed by atoms with Crippen molar-refractivity contribution < 1.29 is 19.6 Å². The van der Waals surface area contributed by atoms with Crippen molar-refractivity contribution in [2.75, 3.05) is 25.6 Å². The maximum absolute atomic E-state index is 10.7. The van der Waals surface area contributed by atoms with Gasteiger partial charge in [0.05, 0.1) is 18.1 Å². The van der Waals surface area contributed by atoms with Crippen LogP contribution in [0, 0.1) is 10.1 Å². The predicted molar refractivity (Wildman–Crippen MR) is 60.6 cm³/mol. The van der Waals surface area contributed by atoms with Crippen LogP contribution in [0.15, 0.2) is 18.2 Å². The molecule has 1 rings (SSSR count). The van der Waals surface area contributed by atoms with E-state index in [0.717, 1.165) is 0 Å². The van der Waals surface area contributed by atoms with Gasteiger partial charge in [-0.15, -0.1) is 0 Å². The number of aliphatic carboxylic acids is 1. The Morgan fingerprint density at radius 1 is 1.53 bits per heavy atom. The van der Waals surface area contributed by atoms with E-state index in [1.54, 1.807) is 0 Å². The molecule has 0 heterocycles. The highest BCUT2D eigenvalue weighted by Gasteiger charge is 2.14. The van der Waals surface area contributed by atoms with Crippen LogP contribution < -0.4 is 9.64 Å². The lowest BCUT2D eigenvalue weighted by Gasteiger charge is -2.17. The Labute approximate surface area is 97.4 Å². The quantitative estimate of drug-likeness (QED) is 0.612. The summed E-state index contributed by atoms with van der Waals surface area (Å²) in [5, 5.41) is 19.3. The molecule has 92 valence electrons. The number of anilines is 1. The summed E-state index contributed by atoms with van der Waals surface area (Å²) in [6.07, 6.45) is 0. The number of nitro benzene ring substituents is 1. The van der Waals surface area contributed by atoms with Crippen LogP contribution in [0.25, 0.3) is 0 Å². The van der Waals surface area contributed by atoms with E-state index in [4.69, 9.17) is 9.84 Å². The van der Waals surface area contributed by atoms with Crippen LogP contribution in [0.1, 0.15) is 0 Å². The van der Waals surface area contributed by atoms with Gasteiger partial charge < -0.3 is 14.7 Å². The standard InChI is InChI=1S/C10H12N2O5/c1-11(6-10(13)14)7-3-8(12(15)16)5-9(4-7)17-2/h3-5H,6H2,1-2H3,(H,13,14). The monoisotopic (exact) mass is 240 g/mol. The summed E-state index contributed by atoms with van der Waals surface area (Å²) in [4.78, 5) is 22.1. The van der Waals surface area contributed by atoms with Gasteiger partial charge in [0.15, 0.2) is 0 Å². The van der Waals surface area contributed by atoms with Gasteiger partial charge in [-0.1, -0.05) is 0 Å². The van der Waals surface area contributed by atoms with Gasteiger partial charge in [0.1, 0.15) is 12.3 Å². The van der Waals surface area contributed by atoms with Gasteiger partial charge in [0, 0.05) is 24.9 Å². The lowest BCUT2D eigenvalue weighted by Crippen LogP contribution is -2.25. The topological polar surface area (TPSA) is 92.9 Å². The molecular weight excluding hydrogens is 228 g/mol. The second-order valence-corrected chi connectivity index (χ2v) is 3.40. The summed E-state index contributed by atoms with van der Waals surface area (Å²) in [6.45, 7) is -0.246. The summed E-state index contributed by atoms with van der Waals surface area (Å²) in [7, 11) is 2.92. The summed E-state index contributed by atoms with van der Waals surface area (Å²) >= 11 is 0. The molecule has 0 spiro atoms. The molecule has 0 atom stereocenters. The fourth-order valence-electron chi connectivity index (χ4n) is 1.31. The highest BCUT2D eigenvalue weighted by atomic mass is 16.6. The second kappa shape index (κ2) is 5.15. The molecule has 0 aromatic heterocycles. The first-order chi connectivity index (χ1) is 7.93. The number of hydrogen-bond donors (Lipinski definition) is 1. The van der Waals surface area contributed by atoms with E-state index in [-0.39, 0.29) is 12.2 Å². The van der Waals surface area contributed by atoms with Gasteiger partial charge in [-0.3, -0.25) is 14.9 Å². The maximum atomic E-state index is 10.7. The summed E-state index contributed by atoms with van der Waals surface area (Å²) < 4.78 is 4.92. The van der Waals surface area contributed by atoms with Crippen LogP contribution in [0.3, 0.4) is 0 Å². The zero-order chi connectivity index (χ0) is 13.0. The van der Waals surface area contributed by atoms with E-state index >= 15 is 0 Å². The molecule has 0 aliphatic rings. The number of methoxy groups -OCH3 is 1. The molecule has 0 fully saturated rings. The molecule has 0 saturated heterocycles. The average Bonchev–Trinajstić information content (AvgIpc) is 2.27. The number of nitrogens with zero attached hydrogens (tertiary/aromatic N) is 2. The fourth-order valence-corrected chi connectivity index (χ4v) is 1.31. The summed E-state index contributed by atoms with van der Waals surface area (Å²) in [5.41, 5.74) is 0.273. The number of non-ortho nitro benzene ring substituents is 1. The Morgan fingerprint density at radius 3 is 2.65 bits per heavy atom. The first-order valence-corrected chi connectivity index (χ1v) is 4.70. The van der Waals surface area contributed by atoms with Gasteiger partial charge in [0.25, 0.3) is 5.69 Å². The van der Waals surface area contributed by atoms with E-state index in [2.05, 4.69) is 0 Å². The van der Waals surface area contributed by atoms with Gasteiger partial charge >= 0.3 is 5.97 Å². The van der Waals surface area contributed by atoms with E-state index in [1.807, 2.05) is 0 Å². The van der Waals surface area contributed by atoms with Gasteiger partial charge in [-0.25, -0.2) is 0 Å². The van der Waals surface area contributed by atoms with Gasteiger partial charge in [-0.05, 0) is 0 Å². The molecule has 7 nitrogen and oxygen atoms in total. The van der Waals surface area contributed by atoms with Crippen molar-refractivity contribution >= 4 is 17.3 Å². The predicted octanol–water partition coefficient (Wildman–Crippen LogP) is 1.12. The molecule has 7 heteroatoms. The number of nitro groups is 1. The molecule has 0 amide bonds. The first-order valence-electron chi connectivity index (χ1n) is 4.70. The van der Waals surface area contributed by atoms with Crippen molar-refractivity contribution in [3.63, 3.8) is 0 Å². The number of carbonyl (C=O) groups is 1. The number of carboxylic acid groups (broad SMARTS) is 1. The second-order valence-electron chi connectivity index (χ2n) is 3.40. The van der Waals surface area contributed by atoms with Crippen LogP contribution in [0.4, 0.5) is 11.4 Å². The van der Waals surface area contributed by atoms with Crippen LogP contribution >= 0.6 is 0 Å². The van der Waals surface area contributed by atoms with Crippen LogP contribution in [-0.4, -0.2) is 36.7 Å². The summed E-state index contributed by atoms with van der Waals surface area (Å²) in [5.74, 6) is -0.704. The van der Waals surface area contributed by atoms with Crippen molar-refractivity contribution in [3.05, 3.63) is 28.3 Å². The number of ether oxygens (including phenoxy) is 1. The Hall–Kier alpha value is -2.31. The smallest absolute Gasteiger partial charge is 0.323 e. The number of likely N-dealkylation sites (N-methyl/N-ethyl adjacent to an activating group) is 1. The Balaban J connectivity index is 3.10. The molecule has 1 N–H and O–H groups in total. The third-order valence-corrected chi connectivity index (χ3v) is 2.14. The minimum atomic E-state index is -1.02. The Morgan fingerprint density at radius 2 is 2.18 bits per heavy atom. The highest BCUT2D eigenvalue weighted by Crippen LogP contribution is 2.27. The van der Waals surface area contributed by atoms with E-state index < -0.39 is 10.9 Å². The largest absolute Gasteiger partial charge is 0.496 e. The van der Waals surface area contributed by atoms with Gasteiger partial charge in [-0.2, -0.15) is 0 Å². The van der Waals surface area contributed by atoms with Gasteiger partial charge in [0.2, 0.25) is 0 Å². The number of carboxylic acids is 1. The molecule has 1 aromatic carbocycles. The SMILES string of the molecule is COc1cc(N(C)CC(=O)O)cc([N+](=O)[O-])c1. The fraction of sp³-hybridized carbons (Fsp3) is 0.300. The molecule has 0 unspecified atom stereocenters. The minimum Gasteiger partial charge on any atom is -0.496 e. The molecule has 0 radical (unpaired) electrons. The molecular formula is C10H12N2O5. The molecule has 0 aliphatic carbocycles. The van der Waals surface area contributed by atoms with Crippen molar-refractivity contribution in [3.8, 4) is 5.75 Å². The maximum Gasteiger partial charge on any atom is 0.323 e. The van der Waals surface area contributed by atoms with Crippen LogP contribution in [0.2, 0.25) is 0 Å². The van der Waals surface area contributed by atoms with Crippen LogP contribution in [-0.2, 0) is 4.79 Å². The Kier molecular flexibility index (Phi) is 3.86. The molecule has 1 aromatic rings. The van der Waals surface area contributed by atoms with Crippen molar-refractivity contribution in [1.29, 1.82) is 0 Å². The van der Waals surface area contributed by atoms with Crippen LogP contribution in [0.5, 0.6) is 5.75 Å². The lowest BCUT2D eigenvalue weighted by molar-refractivity contribution is -0.384. The minimum absolute atomic E-state index is 0.142. The third kappa shape index (κ3) is 3.33. The molecule has 0 saturated carbocycles. The lowest BCUT2D eigenvalue weighted by atomic mass is 10.2. The number of hydrogen-bond acceptors (Lipinski definition) is 5. The molecule has 0 aliphatic heterocycles. The highest BCUT2D eigenvalue weighted by molar-refractivity contribution is 5.74. The van der Waals surface area contributed by atoms with Crippen molar-refractivity contribution in [2.45, 2.75) is 0 Å².